The standard InChI is InChI=1S/C28H29BrClN3O4S/c1-2-32(18-20-7-4-3-5-8-20)28(35)25-17-23(12-15-26(25)30)31-27(34)21-9-6-16-33(19-21)38(36,37)24-13-10-22(29)11-14-24/h3-5,7-8,10-15,17,21H,2,6,9,16,18-19H2,1H3,(H,31,34). The minimum Gasteiger partial charge on any atom is -0.335 e. The van der Waals surface area contributed by atoms with Crippen LogP contribution in [-0.4, -0.2) is 49.1 Å². The average molecular weight is 619 g/mol. The van der Waals surface area contributed by atoms with E-state index in [1.54, 1.807) is 47.4 Å². The minimum atomic E-state index is -3.72. The van der Waals surface area contributed by atoms with Crippen molar-refractivity contribution >= 4 is 55.1 Å². The molecule has 4 rings (SSSR count). The van der Waals surface area contributed by atoms with Crippen LogP contribution in [0.3, 0.4) is 0 Å². The van der Waals surface area contributed by atoms with Gasteiger partial charge in [-0.2, -0.15) is 4.31 Å². The largest absolute Gasteiger partial charge is 0.335 e. The fourth-order valence-corrected chi connectivity index (χ4v) is 6.43. The zero-order valence-electron chi connectivity index (χ0n) is 20.9. The molecule has 1 N–H and O–H groups in total. The highest BCUT2D eigenvalue weighted by molar-refractivity contribution is 9.10. The number of piperidine rings is 1. The number of carbonyl (C=O) groups is 2. The van der Waals surface area contributed by atoms with Gasteiger partial charge in [-0.25, -0.2) is 8.42 Å². The van der Waals surface area contributed by atoms with Gasteiger partial charge in [0.05, 0.1) is 21.4 Å². The second-order valence-corrected chi connectivity index (χ2v) is 12.4. The summed E-state index contributed by atoms with van der Waals surface area (Å²) < 4.78 is 28.4. The molecule has 38 heavy (non-hydrogen) atoms. The second-order valence-electron chi connectivity index (χ2n) is 9.14. The molecule has 2 amide bonds. The van der Waals surface area contributed by atoms with Gasteiger partial charge < -0.3 is 10.2 Å². The Bertz CT molecular complexity index is 1400. The first kappa shape index (κ1) is 28.3. The van der Waals surface area contributed by atoms with E-state index in [4.69, 9.17) is 11.6 Å². The summed E-state index contributed by atoms with van der Waals surface area (Å²) in [6.45, 7) is 3.27. The number of amides is 2. The van der Waals surface area contributed by atoms with Crippen LogP contribution in [0.5, 0.6) is 0 Å². The van der Waals surface area contributed by atoms with Crippen LogP contribution in [0.15, 0.2) is 82.2 Å². The molecule has 1 fully saturated rings. The van der Waals surface area contributed by atoms with Crippen LogP contribution in [0.25, 0.3) is 0 Å². The molecular weight excluding hydrogens is 590 g/mol. The summed E-state index contributed by atoms with van der Waals surface area (Å²) >= 11 is 9.70. The van der Waals surface area contributed by atoms with Crippen LogP contribution in [-0.2, 0) is 21.4 Å². The van der Waals surface area contributed by atoms with Crippen molar-refractivity contribution < 1.29 is 18.0 Å². The third kappa shape index (κ3) is 6.64. The van der Waals surface area contributed by atoms with Crippen molar-refractivity contribution in [3.8, 4) is 0 Å². The Kier molecular flexibility index (Phi) is 9.25. The van der Waals surface area contributed by atoms with Crippen molar-refractivity contribution in [2.75, 3.05) is 25.0 Å². The van der Waals surface area contributed by atoms with E-state index in [-0.39, 0.29) is 23.3 Å². The molecular formula is C28H29BrClN3O4S. The SMILES string of the molecule is CCN(Cc1ccccc1)C(=O)c1cc(NC(=O)C2CCCN(S(=O)(=O)c3ccc(Br)cc3)C2)ccc1Cl. The van der Waals surface area contributed by atoms with Gasteiger partial charge in [0.25, 0.3) is 5.91 Å². The number of halogens is 2. The number of sulfonamides is 1. The molecule has 1 saturated heterocycles. The first-order chi connectivity index (χ1) is 18.2. The van der Waals surface area contributed by atoms with Crippen LogP contribution in [0, 0.1) is 5.92 Å². The van der Waals surface area contributed by atoms with Gasteiger partial charge in [0.1, 0.15) is 0 Å². The van der Waals surface area contributed by atoms with Gasteiger partial charge in [-0.15, -0.1) is 0 Å². The molecule has 3 aromatic rings. The molecule has 3 aromatic carbocycles. The Labute approximate surface area is 237 Å². The predicted octanol–water partition coefficient (Wildman–Crippen LogP) is 5.80. The van der Waals surface area contributed by atoms with Gasteiger partial charge in [0, 0.05) is 36.3 Å². The maximum Gasteiger partial charge on any atom is 0.255 e. The molecule has 0 bridgehead atoms. The summed E-state index contributed by atoms with van der Waals surface area (Å²) in [6, 6.07) is 21.0. The maximum atomic E-state index is 13.3. The number of hydrogen-bond donors (Lipinski definition) is 1. The first-order valence-corrected chi connectivity index (χ1v) is 15.0. The number of hydrogen-bond acceptors (Lipinski definition) is 4. The lowest BCUT2D eigenvalue weighted by Crippen LogP contribution is -2.43. The Morgan fingerprint density at radius 1 is 1.08 bits per heavy atom. The normalized spacial score (nSPS) is 16.1. The zero-order valence-corrected chi connectivity index (χ0v) is 24.1. The first-order valence-electron chi connectivity index (χ1n) is 12.4. The Hall–Kier alpha value is -2.72. The van der Waals surface area contributed by atoms with Crippen LogP contribution in [0.1, 0.15) is 35.7 Å². The number of anilines is 1. The summed E-state index contributed by atoms with van der Waals surface area (Å²) in [6.07, 6.45) is 1.14. The molecule has 10 heteroatoms. The molecule has 1 aliphatic heterocycles. The predicted molar refractivity (Wildman–Crippen MR) is 153 cm³/mol. The van der Waals surface area contributed by atoms with E-state index >= 15 is 0 Å². The average Bonchev–Trinajstić information content (AvgIpc) is 2.93. The zero-order chi connectivity index (χ0) is 27.3. The number of carbonyl (C=O) groups excluding carboxylic acids is 2. The van der Waals surface area contributed by atoms with Crippen LogP contribution >= 0.6 is 27.5 Å². The van der Waals surface area contributed by atoms with Gasteiger partial charge in [-0.1, -0.05) is 57.9 Å². The molecule has 0 spiro atoms. The highest BCUT2D eigenvalue weighted by atomic mass is 79.9. The van der Waals surface area contributed by atoms with Crippen LogP contribution in [0.4, 0.5) is 5.69 Å². The number of benzene rings is 3. The van der Waals surface area contributed by atoms with Gasteiger partial charge in [0.15, 0.2) is 0 Å². The Morgan fingerprint density at radius 2 is 1.79 bits per heavy atom. The van der Waals surface area contributed by atoms with E-state index in [1.165, 1.54) is 4.31 Å². The monoisotopic (exact) mass is 617 g/mol. The molecule has 200 valence electrons. The maximum absolute atomic E-state index is 13.3. The van der Waals surface area contributed by atoms with Crippen molar-refractivity contribution in [1.29, 1.82) is 0 Å². The molecule has 1 unspecified atom stereocenters. The van der Waals surface area contributed by atoms with Gasteiger partial charge in [0.2, 0.25) is 15.9 Å². The van der Waals surface area contributed by atoms with E-state index < -0.39 is 15.9 Å². The fourth-order valence-electron chi connectivity index (χ4n) is 4.44. The second kappa shape index (κ2) is 12.4. The van der Waals surface area contributed by atoms with E-state index in [1.807, 2.05) is 37.3 Å². The van der Waals surface area contributed by atoms with Gasteiger partial charge in [-0.05, 0) is 67.8 Å². The molecule has 7 nitrogen and oxygen atoms in total. The third-order valence-corrected chi connectivity index (χ3v) is 9.29. The lowest BCUT2D eigenvalue weighted by atomic mass is 9.98. The topological polar surface area (TPSA) is 86.8 Å². The van der Waals surface area contributed by atoms with Crippen molar-refractivity contribution in [3.63, 3.8) is 0 Å². The van der Waals surface area contributed by atoms with E-state index in [9.17, 15) is 18.0 Å². The number of nitrogens with zero attached hydrogens (tertiary/aromatic N) is 2. The summed E-state index contributed by atoms with van der Waals surface area (Å²) in [5, 5.41) is 3.16. The van der Waals surface area contributed by atoms with E-state index in [0.29, 0.717) is 48.7 Å². The Morgan fingerprint density at radius 3 is 2.47 bits per heavy atom. The lowest BCUT2D eigenvalue weighted by Gasteiger charge is -2.31. The molecule has 1 aliphatic rings. The van der Waals surface area contributed by atoms with Gasteiger partial charge >= 0.3 is 0 Å². The van der Waals surface area contributed by atoms with Crippen molar-refractivity contribution in [2.45, 2.75) is 31.2 Å². The van der Waals surface area contributed by atoms with Crippen molar-refractivity contribution in [2.24, 2.45) is 5.92 Å². The van der Waals surface area contributed by atoms with E-state index in [0.717, 1.165) is 10.0 Å². The molecule has 0 saturated carbocycles. The van der Waals surface area contributed by atoms with E-state index in [2.05, 4.69) is 21.2 Å². The molecule has 0 aliphatic carbocycles. The smallest absolute Gasteiger partial charge is 0.255 e. The number of nitrogens with one attached hydrogen (secondary N) is 1. The van der Waals surface area contributed by atoms with Crippen LogP contribution < -0.4 is 5.32 Å². The number of rotatable bonds is 8. The lowest BCUT2D eigenvalue weighted by molar-refractivity contribution is -0.120. The third-order valence-electron chi connectivity index (χ3n) is 6.56. The van der Waals surface area contributed by atoms with Crippen LogP contribution in [0.2, 0.25) is 5.02 Å². The quantitative estimate of drug-likeness (QED) is 0.346. The molecule has 1 heterocycles. The molecule has 0 aromatic heterocycles. The molecule has 1 atom stereocenters. The highest BCUT2D eigenvalue weighted by Gasteiger charge is 2.33. The fraction of sp³-hybridized carbons (Fsp3) is 0.286. The van der Waals surface area contributed by atoms with Crippen molar-refractivity contribution in [3.05, 3.63) is 93.4 Å². The summed E-state index contributed by atoms with van der Waals surface area (Å²) in [4.78, 5) is 28.3. The summed E-state index contributed by atoms with van der Waals surface area (Å²) in [5.74, 6) is -1.05. The highest BCUT2D eigenvalue weighted by Crippen LogP contribution is 2.27. The van der Waals surface area contributed by atoms with Crippen molar-refractivity contribution in [1.82, 2.24) is 9.21 Å². The summed E-state index contributed by atoms with van der Waals surface area (Å²) in [7, 11) is -3.72. The Balaban J connectivity index is 1.46. The minimum absolute atomic E-state index is 0.0876. The summed E-state index contributed by atoms with van der Waals surface area (Å²) in [5.41, 5.74) is 1.74. The molecule has 0 radical (unpaired) electrons. The van der Waals surface area contributed by atoms with Gasteiger partial charge in [-0.3, -0.25) is 9.59 Å².